The second-order valence-corrected chi connectivity index (χ2v) is 5.34. The standard InChI is InChI=1S/C15H22N2O.ClH/c1-13(2)15(18)16-10-11-17(3,4)12-14-8-6-5-7-9-14;/h5-9H,1,10-12H2,2-4H3;1H. The van der Waals surface area contributed by atoms with E-state index < -0.39 is 0 Å². The topological polar surface area (TPSA) is 29.1 Å². The summed E-state index contributed by atoms with van der Waals surface area (Å²) >= 11 is 0. The molecule has 3 nitrogen and oxygen atoms in total. The van der Waals surface area contributed by atoms with E-state index in [-0.39, 0.29) is 18.3 Å². The van der Waals surface area contributed by atoms with Gasteiger partial charge in [-0.05, 0) is 6.92 Å². The number of benzene rings is 1. The van der Waals surface area contributed by atoms with Crippen molar-refractivity contribution >= 4 is 5.91 Å². The summed E-state index contributed by atoms with van der Waals surface area (Å²) in [5.74, 6) is -0.0605. The third-order valence-corrected chi connectivity index (χ3v) is 2.84. The predicted molar refractivity (Wildman–Crippen MR) is 74.9 cm³/mol. The minimum atomic E-state index is -0.0605. The van der Waals surface area contributed by atoms with E-state index in [1.165, 1.54) is 5.56 Å². The second kappa shape index (κ2) is 7.97. The van der Waals surface area contributed by atoms with Crippen LogP contribution in [0.3, 0.4) is 0 Å². The average molecular weight is 283 g/mol. The van der Waals surface area contributed by atoms with Crippen LogP contribution >= 0.6 is 0 Å². The van der Waals surface area contributed by atoms with Gasteiger partial charge in [-0.2, -0.15) is 0 Å². The van der Waals surface area contributed by atoms with E-state index in [9.17, 15) is 4.79 Å². The van der Waals surface area contributed by atoms with Gasteiger partial charge in [0.15, 0.2) is 0 Å². The van der Waals surface area contributed by atoms with Gasteiger partial charge in [-0.3, -0.25) is 4.79 Å². The lowest BCUT2D eigenvalue weighted by molar-refractivity contribution is -0.902. The summed E-state index contributed by atoms with van der Waals surface area (Å²) < 4.78 is 0.848. The molecule has 1 aromatic rings. The SMILES string of the molecule is C=C(C)C(=O)NCC[N+](C)(C)Cc1ccccc1.[Cl-]. The number of carbonyl (C=O) groups excluding carboxylic acids is 1. The summed E-state index contributed by atoms with van der Waals surface area (Å²) in [6.07, 6.45) is 0. The molecule has 1 N–H and O–H groups in total. The molecular weight excluding hydrogens is 260 g/mol. The molecule has 0 atom stereocenters. The van der Waals surface area contributed by atoms with Crippen molar-refractivity contribution in [3.8, 4) is 0 Å². The molecule has 0 aliphatic heterocycles. The van der Waals surface area contributed by atoms with E-state index in [2.05, 4.69) is 50.3 Å². The molecule has 0 aliphatic carbocycles. The van der Waals surface area contributed by atoms with Crippen molar-refractivity contribution in [2.24, 2.45) is 0 Å². The number of nitrogens with zero attached hydrogens (tertiary/aromatic N) is 1. The molecule has 0 saturated carbocycles. The van der Waals surface area contributed by atoms with Crippen molar-refractivity contribution in [1.29, 1.82) is 0 Å². The Balaban J connectivity index is 0.00000324. The molecule has 0 saturated heterocycles. The summed E-state index contributed by atoms with van der Waals surface area (Å²) in [6.45, 7) is 7.87. The highest BCUT2D eigenvalue weighted by Gasteiger charge is 2.15. The first-order valence-electron chi connectivity index (χ1n) is 6.20. The molecule has 0 heterocycles. The Bertz CT molecular complexity index is 415. The van der Waals surface area contributed by atoms with Crippen molar-refractivity contribution in [3.63, 3.8) is 0 Å². The molecule has 0 spiro atoms. The fourth-order valence-electron chi connectivity index (χ4n) is 1.78. The molecule has 0 radical (unpaired) electrons. The first-order valence-corrected chi connectivity index (χ1v) is 6.20. The molecule has 19 heavy (non-hydrogen) atoms. The Morgan fingerprint density at radius 3 is 2.37 bits per heavy atom. The molecule has 1 aromatic carbocycles. The Morgan fingerprint density at radius 2 is 1.84 bits per heavy atom. The number of carbonyl (C=O) groups is 1. The third-order valence-electron chi connectivity index (χ3n) is 2.84. The lowest BCUT2D eigenvalue weighted by Gasteiger charge is -2.30. The maximum atomic E-state index is 11.4. The number of hydrogen-bond donors (Lipinski definition) is 1. The molecular formula is C15H23ClN2O. The van der Waals surface area contributed by atoms with Crippen LogP contribution in [0.1, 0.15) is 12.5 Å². The van der Waals surface area contributed by atoms with Crippen molar-refractivity contribution in [2.75, 3.05) is 27.2 Å². The third kappa shape index (κ3) is 6.99. The highest BCUT2D eigenvalue weighted by atomic mass is 35.5. The van der Waals surface area contributed by atoms with Crippen LogP contribution in [-0.4, -0.2) is 37.6 Å². The second-order valence-electron chi connectivity index (χ2n) is 5.34. The van der Waals surface area contributed by atoms with Gasteiger partial charge >= 0.3 is 0 Å². The Labute approximate surface area is 122 Å². The number of halogens is 1. The maximum absolute atomic E-state index is 11.4. The predicted octanol–water partition coefficient (Wildman–Crippen LogP) is -1.04. The molecule has 0 fully saturated rings. The monoisotopic (exact) mass is 282 g/mol. The zero-order chi connectivity index (χ0) is 13.6. The molecule has 106 valence electrons. The van der Waals surface area contributed by atoms with Crippen LogP contribution in [0, 0.1) is 0 Å². The van der Waals surface area contributed by atoms with Crippen LogP contribution in [0.5, 0.6) is 0 Å². The van der Waals surface area contributed by atoms with E-state index in [1.54, 1.807) is 6.92 Å². The van der Waals surface area contributed by atoms with Crippen LogP contribution in [-0.2, 0) is 11.3 Å². The van der Waals surface area contributed by atoms with Gasteiger partial charge in [-0.15, -0.1) is 0 Å². The maximum Gasteiger partial charge on any atom is 0.246 e. The van der Waals surface area contributed by atoms with E-state index >= 15 is 0 Å². The number of amides is 1. The fourth-order valence-corrected chi connectivity index (χ4v) is 1.78. The van der Waals surface area contributed by atoms with Crippen LogP contribution in [0.25, 0.3) is 0 Å². The number of rotatable bonds is 6. The summed E-state index contributed by atoms with van der Waals surface area (Å²) in [7, 11) is 4.33. The number of hydrogen-bond acceptors (Lipinski definition) is 1. The van der Waals surface area contributed by atoms with Gasteiger partial charge in [-0.1, -0.05) is 36.9 Å². The van der Waals surface area contributed by atoms with E-state index in [4.69, 9.17) is 0 Å². The van der Waals surface area contributed by atoms with Gasteiger partial charge in [0.2, 0.25) is 5.91 Å². The summed E-state index contributed by atoms with van der Waals surface area (Å²) in [5, 5.41) is 2.87. The van der Waals surface area contributed by atoms with Crippen LogP contribution in [0.4, 0.5) is 0 Å². The quantitative estimate of drug-likeness (QED) is 0.524. The normalized spacial score (nSPS) is 10.5. The average Bonchev–Trinajstić information content (AvgIpc) is 2.29. The number of quaternary nitrogens is 1. The molecule has 1 rings (SSSR count). The first-order chi connectivity index (χ1) is 8.41. The van der Waals surface area contributed by atoms with E-state index in [1.807, 2.05) is 6.07 Å². The molecule has 1 amide bonds. The Hall–Kier alpha value is -1.32. The highest BCUT2D eigenvalue weighted by Crippen LogP contribution is 2.08. The van der Waals surface area contributed by atoms with Gasteiger partial charge in [0.25, 0.3) is 0 Å². The van der Waals surface area contributed by atoms with Gasteiger partial charge < -0.3 is 22.2 Å². The molecule has 0 bridgehead atoms. The largest absolute Gasteiger partial charge is 1.00 e. The number of nitrogens with one attached hydrogen (secondary N) is 1. The summed E-state index contributed by atoms with van der Waals surface area (Å²) in [6, 6.07) is 10.4. The summed E-state index contributed by atoms with van der Waals surface area (Å²) in [4.78, 5) is 11.4. The van der Waals surface area contributed by atoms with Crippen LogP contribution < -0.4 is 17.7 Å². The van der Waals surface area contributed by atoms with Crippen molar-refractivity contribution < 1.29 is 21.7 Å². The van der Waals surface area contributed by atoms with E-state index in [0.29, 0.717) is 12.1 Å². The summed E-state index contributed by atoms with van der Waals surface area (Å²) in [5.41, 5.74) is 1.87. The number of likely N-dealkylation sites (N-methyl/N-ethyl adjacent to an activating group) is 1. The molecule has 4 heteroatoms. The lowest BCUT2D eigenvalue weighted by atomic mass is 10.2. The fraction of sp³-hybridized carbons (Fsp3) is 0.400. The molecule has 0 unspecified atom stereocenters. The van der Waals surface area contributed by atoms with Gasteiger partial charge in [0.1, 0.15) is 6.54 Å². The smallest absolute Gasteiger partial charge is 0.246 e. The zero-order valence-corrected chi connectivity index (χ0v) is 12.7. The van der Waals surface area contributed by atoms with Crippen molar-refractivity contribution in [2.45, 2.75) is 13.5 Å². The van der Waals surface area contributed by atoms with Crippen molar-refractivity contribution in [3.05, 3.63) is 48.0 Å². The zero-order valence-electron chi connectivity index (χ0n) is 11.9. The van der Waals surface area contributed by atoms with Crippen LogP contribution in [0.2, 0.25) is 0 Å². The first kappa shape index (κ1) is 17.7. The van der Waals surface area contributed by atoms with Gasteiger partial charge in [-0.25, -0.2) is 0 Å². The van der Waals surface area contributed by atoms with Crippen LogP contribution in [0.15, 0.2) is 42.5 Å². The molecule has 0 aliphatic rings. The van der Waals surface area contributed by atoms with Gasteiger partial charge in [0, 0.05) is 11.1 Å². The molecule has 0 aromatic heterocycles. The van der Waals surface area contributed by atoms with Gasteiger partial charge in [0.05, 0.1) is 27.2 Å². The Kier molecular flexibility index (Phi) is 7.42. The minimum absolute atomic E-state index is 0. The highest BCUT2D eigenvalue weighted by molar-refractivity contribution is 5.91. The van der Waals surface area contributed by atoms with E-state index in [0.717, 1.165) is 17.6 Å². The lowest BCUT2D eigenvalue weighted by Crippen LogP contribution is -3.00. The minimum Gasteiger partial charge on any atom is -1.00 e. The van der Waals surface area contributed by atoms with Crippen molar-refractivity contribution in [1.82, 2.24) is 5.32 Å². The Morgan fingerprint density at radius 1 is 1.26 bits per heavy atom.